The van der Waals surface area contributed by atoms with Crippen LogP contribution in [0.4, 0.5) is 0 Å². The summed E-state index contributed by atoms with van der Waals surface area (Å²) in [7, 11) is 4.47. The van der Waals surface area contributed by atoms with Crippen LogP contribution in [0, 0.1) is 0 Å². The van der Waals surface area contributed by atoms with Crippen LogP contribution in [-0.4, -0.2) is 49.1 Å². The van der Waals surface area contributed by atoms with E-state index in [1.165, 1.54) is 19.5 Å². The Morgan fingerprint density at radius 3 is 1.67 bits per heavy atom. The maximum absolute atomic E-state index is 2.48. The number of likely N-dealkylation sites (tertiary alicyclic amines) is 2. The molecule has 52 valence electrons. The molecule has 0 saturated carbocycles. The molecule has 0 unspecified atom stereocenters. The Hall–Kier alpha value is -0.0800. The molecule has 0 aromatic carbocycles. The smallest absolute Gasteiger partial charge is 0.0236 e. The number of fused-ring (bicyclic) bond motifs is 2. The zero-order chi connectivity index (χ0) is 6.43. The highest BCUT2D eigenvalue weighted by Crippen LogP contribution is 2.27. The molecule has 2 heterocycles. The molecule has 0 aromatic heterocycles. The summed E-state index contributed by atoms with van der Waals surface area (Å²) in [4.78, 5) is 4.95. The average Bonchev–Trinajstić information content (AvgIpc) is 2.24. The first-order valence-corrected chi connectivity index (χ1v) is 3.68. The molecule has 9 heavy (non-hydrogen) atoms. The van der Waals surface area contributed by atoms with Crippen LogP contribution in [0.3, 0.4) is 0 Å². The van der Waals surface area contributed by atoms with E-state index in [0.717, 1.165) is 12.1 Å². The van der Waals surface area contributed by atoms with Gasteiger partial charge in [0.15, 0.2) is 0 Å². The Morgan fingerprint density at radius 2 is 1.44 bits per heavy atom. The van der Waals surface area contributed by atoms with Crippen molar-refractivity contribution in [3.63, 3.8) is 0 Å². The van der Waals surface area contributed by atoms with Crippen LogP contribution in [0.2, 0.25) is 0 Å². The highest BCUT2D eigenvalue weighted by atomic mass is 15.3. The lowest BCUT2D eigenvalue weighted by Crippen LogP contribution is -2.42. The molecule has 2 nitrogen and oxygen atoms in total. The highest BCUT2D eigenvalue weighted by molar-refractivity contribution is 4.96. The fourth-order valence-electron chi connectivity index (χ4n) is 2.06. The quantitative estimate of drug-likeness (QED) is 0.451. The Morgan fingerprint density at radius 1 is 1.00 bits per heavy atom. The van der Waals surface area contributed by atoms with Crippen LogP contribution < -0.4 is 0 Å². The largest absolute Gasteiger partial charge is 0.301 e. The normalized spacial score (nSPS) is 44.7. The van der Waals surface area contributed by atoms with Gasteiger partial charge in [-0.2, -0.15) is 0 Å². The van der Waals surface area contributed by atoms with Gasteiger partial charge in [-0.3, -0.25) is 0 Å². The standard InChI is InChI=1S/C7H14N2/c1-8-4-7-3-6(8)5-9(7)2/h6-7H,3-5H2,1-2H3/t6-,7-/m0/s1. The van der Waals surface area contributed by atoms with E-state index in [1.807, 2.05) is 0 Å². The van der Waals surface area contributed by atoms with E-state index >= 15 is 0 Å². The summed E-state index contributed by atoms with van der Waals surface area (Å²) >= 11 is 0. The van der Waals surface area contributed by atoms with Gasteiger partial charge in [-0.05, 0) is 20.5 Å². The third kappa shape index (κ3) is 0.700. The number of hydrogen-bond acceptors (Lipinski definition) is 2. The minimum absolute atomic E-state index is 0.875. The highest BCUT2D eigenvalue weighted by Gasteiger charge is 2.38. The summed E-state index contributed by atoms with van der Waals surface area (Å²) in [5.74, 6) is 0. The van der Waals surface area contributed by atoms with Crippen molar-refractivity contribution in [2.45, 2.75) is 18.5 Å². The summed E-state index contributed by atoms with van der Waals surface area (Å²) in [5, 5.41) is 0. The summed E-state index contributed by atoms with van der Waals surface area (Å²) in [6.07, 6.45) is 1.41. The van der Waals surface area contributed by atoms with E-state index < -0.39 is 0 Å². The lowest BCUT2D eigenvalue weighted by atomic mass is 10.2. The summed E-state index contributed by atoms with van der Waals surface area (Å²) in [5.41, 5.74) is 0. The fourth-order valence-corrected chi connectivity index (χ4v) is 2.06. The van der Waals surface area contributed by atoms with Gasteiger partial charge in [0, 0.05) is 25.2 Å². The predicted octanol–water partition coefficient (Wildman–Crippen LogP) is 0.00450. The Kier molecular flexibility index (Phi) is 1.08. The molecule has 0 aliphatic carbocycles. The van der Waals surface area contributed by atoms with Gasteiger partial charge in [-0.1, -0.05) is 0 Å². The lowest BCUT2D eigenvalue weighted by molar-refractivity contribution is 0.176. The maximum atomic E-state index is 2.48. The summed E-state index contributed by atoms with van der Waals surface area (Å²) < 4.78 is 0. The molecule has 2 aliphatic rings. The van der Waals surface area contributed by atoms with Crippen molar-refractivity contribution in [3.8, 4) is 0 Å². The average molecular weight is 126 g/mol. The molecule has 2 rings (SSSR count). The van der Waals surface area contributed by atoms with Gasteiger partial charge in [-0.15, -0.1) is 0 Å². The molecule has 2 atom stereocenters. The first kappa shape index (κ1) is 5.69. The molecule has 2 aliphatic heterocycles. The van der Waals surface area contributed by atoms with Gasteiger partial charge in [-0.25, -0.2) is 0 Å². The Labute approximate surface area is 56.4 Å². The van der Waals surface area contributed by atoms with E-state index in [-0.39, 0.29) is 0 Å². The second kappa shape index (κ2) is 1.70. The third-order valence-electron chi connectivity index (χ3n) is 2.79. The number of rotatable bonds is 0. The van der Waals surface area contributed by atoms with E-state index in [4.69, 9.17) is 0 Å². The second-order valence-corrected chi connectivity index (χ2v) is 3.42. The van der Waals surface area contributed by atoms with Gasteiger partial charge >= 0.3 is 0 Å². The van der Waals surface area contributed by atoms with Crippen molar-refractivity contribution in [3.05, 3.63) is 0 Å². The second-order valence-electron chi connectivity index (χ2n) is 3.42. The SMILES string of the molecule is CN1C[C@@H]2C[C@H]1CN2C. The van der Waals surface area contributed by atoms with Gasteiger partial charge < -0.3 is 9.80 Å². The van der Waals surface area contributed by atoms with Crippen molar-refractivity contribution in [1.82, 2.24) is 9.80 Å². The molecule has 0 spiro atoms. The molecule has 0 radical (unpaired) electrons. The number of likely N-dealkylation sites (N-methyl/N-ethyl adjacent to an activating group) is 2. The van der Waals surface area contributed by atoms with Crippen LogP contribution in [0.15, 0.2) is 0 Å². The van der Waals surface area contributed by atoms with Gasteiger partial charge in [0.25, 0.3) is 0 Å². The lowest BCUT2D eigenvalue weighted by Gasteiger charge is -2.28. The molecular weight excluding hydrogens is 112 g/mol. The van der Waals surface area contributed by atoms with E-state index in [9.17, 15) is 0 Å². The summed E-state index contributed by atoms with van der Waals surface area (Å²) in [6.45, 7) is 2.59. The molecule has 2 heteroatoms. The third-order valence-corrected chi connectivity index (χ3v) is 2.79. The van der Waals surface area contributed by atoms with Crippen molar-refractivity contribution >= 4 is 0 Å². The van der Waals surface area contributed by atoms with Gasteiger partial charge in [0.1, 0.15) is 0 Å². The number of nitrogens with zero attached hydrogens (tertiary/aromatic N) is 2. The monoisotopic (exact) mass is 126 g/mol. The molecular formula is C7H14N2. The fraction of sp³-hybridized carbons (Fsp3) is 1.00. The van der Waals surface area contributed by atoms with Crippen LogP contribution in [0.5, 0.6) is 0 Å². The minimum Gasteiger partial charge on any atom is -0.301 e. The van der Waals surface area contributed by atoms with E-state index in [2.05, 4.69) is 23.9 Å². The predicted molar refractivity (Wildman–Crippen MR) is 37.5 cm³/mol. The summed E-state index contributed by atoms with van der Waals surface area (Å²) in [6, 6.07) is 1.75. The van der Waals surface area contributed by atoms with Gasteiger partial charge in [0.2, 0.25) is 0 Å². The first-order chi connectivity index (χ1) is 4.27. The van der Waals surface area contributed by atoms with Crippen molar-refractivity contribution in [2.24, 2.45) is 0 Å². The maximum Gasteiger partial charge on any atom is 0.0236 e. The Balaban J connectivity index is 2.10. The minimum atomic E-state index is 0.875. The first-order valence-electron chi connectivity index (χ1n) is 3.68. The van der Waals surface area contributed by atoms with Crippen molar-refractivity contribution in [2.75, 3.05) is 27.2 Å². The zero-order valence-corrected chi connectivity index (χ0v) is 6.17. The topological polar surface area (TPSA) is 6.48 Å². The van der Waals surface area contributed by atoms with Crippen LogP contribution in [-0.2, 0) is 0 Å². The molecule has 2 bridgehead atoms. The number of hydrogen-bond donors (Lipinski definition) is 0. The molecule has 2 fully saturated rings. The van der Waals surface area contributed by atoms with Crippen LogP contribution in [0.25, 0.3) is 0 Å². The molecule has 0 aromatic rings. The van der Waals surface area contributed by atoms with Crippen molar-refractivity contribution in [1.29, 1.82) is 0 Å². The van der Waals surface area contributed by atoms with Crippen molar-refractivity contribution < 1.29 is 0 Å². The number of piperazine rings is 1. The Bertz CT molecular complexity index is 106. The zero-order valence-electron chi connectivity index (χ0n) is 6.17. The molecule has 0 N–H and O–H groups in total. The van der Waals surface area contributed by atoms with E-state index in [1.54, 1.807) is 0 Å². The van der Waals surface area contributed by atoms with Gasteiger partial charge in [0.05, 0.1) is 0 Å². The van der Waals surface area contributed by atoms with E-state index in [0.29, 0.717) is 0 Å². The molecule has 2 saturated heterocycles. The molecule has 0 amide bonds. The van der Waals surface area contributed by atoms with Crippen LogP contribution >= 0.6 is 0 Å². The van der Waals surface area contributed by atoms with Crippen LogP contribution in [0.1, 0.15) is 6.42 Å².